The maximum absolute atomic E-state index is 12.8. The van der Waals surface area contributed by atoms with Gasteiger partial charge in [0.15, 0.2) is 0 Å². The Morgan fingerprint density at radius 1 is 1.29 bits per heavy atom. The smallest absolute Gasteiger partial charge is 0.257 e. The number of aromatic nitrogens is 2. The number of carbonyl (C=O) groups excluding carboxylic acids is 1. The van der Waals surface area contributed by atoms with E-state index in [9.17, 15) is 9.00 Å². The molecule has 0 aliphatic carbocycles. The normalized spacial score (nSPS) is 20.8. The van der Waals surface area contributed by atoms with Crippen LogP contribution in [0.4, 0.5) is 0 Å². The Morgan fingerprint density at radius 2 is 1.96 bits per heavy atom. The number of hydrogen-bond acceptors (Lipinski definition) is 3. The number of hydrogen-bond donors (Lipinski definition) is 0. The summed E-state index contributed by atoms with van der Waals surface area (Å²) in [7, 11) is 1.13. The molecule has 1 aromatic carbocycles. The van der Waals surface area contributed by atoms with Gasteiger partial charge in [0, 0.05) is 41.1 Å². The lowest BCUT2D eigenvalue weighted by atomic mass is 10.1. The van der Waals surface area contributed by atoms with Crippen molar-refractivity contribution in [3.63, 3.8) is 0 Å². The lowest BCUT2D eigenvalue weighted by Crippen LogP contribution is -2.41. The van der Waals surface area contributed by atoms with Crippen LogP contribution in [-0.4, -0.2) is 49.4 Å². The van der Waals surface area contributed by atoms with Crippen LogP contribution in [0.25, 0.3) is 0 Å². The Labute approximate surface area is 145 Å². The molecule has 0 bridgehead atoms. The largest absolute Gasteiger partial charge is 0.339 e. The van der Waals surface area contributed by atoms with Crippen molar-refractivity contribution >= 4 is 16.7 Å². The van der Waals surface area contributed by atoms with E-state index in [4.69, 9.17) is 0 Å². The monoisotopic (exact) mass is 345 g/mol. The number of carbonyl (C=O) groups is 1. The van der Waals surface area contributed by atoms with Gasteiger partial charge in [-0.25, -0.2) is 0 Å². The van der Waals surface area contributed by atoms with E-state index in [1.54, 1.807) is 11.1 Å². The summed E-state index contributed by atoms with van der Waals surface area (Å²) >= 11 is 0. The van der Waals surface area contributed by atoms with Gasteiger partial charge >= 0.3 is 0 Å². The van der Waals surface area contributed by atoms with Crippen LogP contribution in [0, 0.1) is 6.92 Å². The van der Waals surface area contributed by atoms with Crippen molar-refractivity contribution < 1.29 is 9.00 Å². The molecule has 0 N–H and O–H groups in total. The van der Waals surface area contributed by atoms with E-state index >= 15 is 0 Å². The van der Waals surface area contributed by atoms with Crippen LogP contribution >= 0.6 is 0 Å². The summed E-state index contributed by atoms with van der Waals surface area (Å²) in [5, 5.41) is 4.39. The van der Waals surface area contributed by atoms with E-state index < -0.39 is 10.8 Å². The molecule has 6 heteroatoms. The third-order valence-corrected chi connectivity index (χ3v) is 6.12. The fraction of sp³-hybridized carbons (Fsp3) is 0.444. The van der Waals surface area contributed by atoms with Crippen LogP contribution in [0.1, 0.15) is 34.5 Å². The molecule has 0 atom stereocenters. The maximum Gasteiger partial charge on any atom is 0.257 e. The summed E-state index contributed by atoms with van der Waals surface area (Å²) in [5.74, 6) is 1.38. The summed E-state index contributed by atoms with van der Waals surface area (Å²) in [6.07, 6.45) is 3.29. The topological polar surface area (TPSA) is 55.2 Å². The molecule has 2 heterocycles. The van der Waals surface area contributed by atoms with Crippen LogP contribution in [0.15, 0.2) is 36.5 Å². The minimum atomic E-state index is -0.713. The molecule has 1 amide bonds. The molecule has 24 heavy (non-hydrogen) atoms. The van der Waals surface area contributed by atoms with Crippen LogP contribution in [0.3, 0.4) is 0 Å². The summed E-state index contributed by atoms with van der Waals surface area (Å²) in [5.41, 5.74) is 2.70. The van der Waals surface area contributed by atoms with Gasteiger partial charge < -0.3 is 4.90 Å². The zero-order chi connectivity index (χ0) is 17.1. The molecular formula is C18H23N3O2S. The molecule has 0 unspecified atom stereocenters. The molecule has 1 aliphatic rings. The quantitative estimate of drug-likeness (QED) is 0.854. The van der Waals surface area contributed by atoms with Gasteiger partial charge in [0.2, 0.25) is 0 Å². The van der Waals surface area contributed by atoms with Crippen LogP contribution in [-0.2, 0) is 17.3 Å². The average Bonchev–Trinajstić information content (AvgIpc) is 2.96. The van der Waals surface area contributed by atoms with E-state index in [0.29, 0.717) is 23.6 Å². The first kappa shape index (κ1) is 16.9. The van der Waals surface area contributed by atoms with Crippen LogP contribution in [0.2, 0.25) is 0 Å². The highest BCUT2D eigenvalue weighted by Gasteiger charge is 2.27. The predicted molar refractivity (Wildman–Crippen MR) is 95.5 cm³/mol. The van der Waals surface area contributed by atoms with Crippen LogP contribution < -0.4 is 0 Å². The molecule has 128 valence electrons. The van der Waals surface area contributed by atoms with E-state index in [1.807, 2.05) is 36.9 Å². The van der Waals surface area contributed by atoms with Gasteiger partial charge in [0.1, 0.15) is 0 Å². The molecule has 1 aliphatic heterocycles. The van der Waals surface area contributed by atoms with Crippen molar-refractivity contribution in [3.8, 4) is 0 Å². The van der Waals surface area contributed by atoms with Gasteiger partial charge in [-0.1, -0.05) is 30.3 Å². The van der Waals surface area contributed by atoms with Gasteiger partial charge in [-0.2, -0.15) is 5.10 Å². The zero-order valence-corrected chi connectivity index (χ0v) is 15.0. The molecule has 0 radical (unpaired) electrons. The predicted octanol–water partition coefficient (Wildman–Crippen LogP) is 2.22. The van der Waals surface area contributed by atoms with Crippen LogP contribution in [0.5, 0.6) is 0 Å². The number of benzene rings is 1. The third kappa shape index (κ3) is 3.59. The standard InChI is InChI=1S/C18H23N3O2S/c1-14-17(12-19-21(14)13-15-6-4-3-5-7-15)18(22)20(2)16-8-10-24(23)11-9-16/h3-7,12,16H,8-11,13H2,1-2H3. The molecule has 2 aromatic rings. The SMILES string of the molecule is Cc1c(C(=O)N(C)C2CCS(=O)CC2)cnn1Cc1ccccc1. The van der Waals surface area contributed by atoms with Gasteiger partial charge in [0.05, 0.1) is 18.3 Å². The first-order chi connectivity index (χ1) is 11.6. The molecule has 5 nitrogen and oxygen atoms in total. The lowest BCUT2D eigenvalue weighted by Gasteiger charge is -2.30. The second-order valence-corrected chi connectivity index (χ2v) is 7.98. The Morgan fingerprint density at radius 3 is 2.62 bits per heavy atom. The van der Waals surface area contributed by atoms with Gasteiger partial charge in [-0.05, 0) is 25.3 Å². The highest BCUT2D eigenvalue weighted by atomic mass is 32.2. The molecule has 0 spiro atoms. The first-order valence-electron chi connectivity index (χ1n) is 8.24. The number of nitrogens with zero attached hydrogens (tertiary/aromatic N) is 3. The van der Waals surface area contributed by atoms with Crippen molar-refractivity contribution in [2.24, 2.45) is 0 Å². The van der Waals surface area contributed by atoms with Crippen molar-refractivity contribution in [2.45, 2.75) is 32.4 Å². The first-order valence-corrected chi connectivity index (χ1v) is 9.73. The van der Waals surface area contributed by atoms with Crippen molar-refractivity contribution in [3.05, 3.63) is 53.3 Å². The molecule has 1 saturated heterocycles. The number of amides is 1. The van der Waals surface area contributed by atoms with Crippen molar-refractivity contribution in [1.29, 1.82) is 0 Å². The second kappa shape index (κ2) is 7.30. The third-order valence-electron chi connectivity index (χ3n) is 4.73. The van der Waals surface area contributed by atoms with Gasteiger partial charge in [0.25, 0.3) is 5.91 Å². The lowest BCUT2D eigenvalue weighted by molar-refractivity contribution is 0.0722. The Balaban J connectivity index is 1.72. The highest BCUT2D eigenvalue weighted by molar-refractivity contribution is 7.85. The Hall–Kier alpha value is -1.95. The summed E-state index contributed by atoms with van der Waals surface area (Å²) < 4.78 is 13.4. The van der Waals surface area contributed by atoms with Gasteiger partial charge in [-0.3, -0.25) is 13.7 Å². The summed E-state index contributed by atoms with van der Waals surface area (Å²) in [6.45, 7) is 2.60. The van der Waals surface area contributed by atoms with Crippen molar-refractivity contribution in [1.82, 2.24) is 14.7 Å². The second-order valence-electron chi connectivity index (χ2n) is 6.28. The molecule has 1 aromatic heterocycles. The Bertz CT molecular complexity index is 732. The fourth-order valence-electron chi connectivity index (χ4n) is 3.10. The van der Waals surface area contributed by atoms with Crippen molar-refractivity contribution in [2.75, 3.05) is 18.6 Å². The minimum absolute atomic E-state index is 0.00416. The van der Waals surface area contributed by atoms with Gasteiger partial charge in [-0.15, -0.1) is 0 Å². The number of rotatable bonds is 4. The minimum Gasteiger partial charge on any atom is -0.339 e. The molecule has 1 fully saturated rings. The Kier molecular flexibility index (Phi) is 5.14. The fourth-order valence-corrected chi connectivity index (χ4v) is 4.37. The summed E-state index contributed by atoms with van der Waals surface area (Å²) in [6, 6.07) is 10.3. The average molecular weight is 345 g/mol. The molecular weight excluding hydrogens is 322 g/mol. The van der Waals surface area contributed by atoms with E-state index in [2.05, 4.69) is 17.2 Å². The molecule has 3 rings (SSSR count). The maximum atomic E-state index is 12.8. The zero-order valence-electron chi connectivity index (χ0n) is 14.1. The van der Waals surface area contributed by atoms with E-state index in [1.165, 1.54) is 0 Å². The highest BCUT2D eigenvalue weighted by Crippen LogP contribution is 2.19. The van der Waals surface area contributed by atoms with E-state index in [0.717, 1.165) is 24.1 Å². The van der Waals surface area contributed by atoms with E-state index in [-0.39, 0.29) is 11.9 Å². The summed E-state index contributed by atoms with van der Waals surface area (Å²) in [4.78, 5) is 14.6. The molecule has 0 saturated carbocycles.